The fraction of sp³-hybridized carbons (Fsp3) is 0.300. The van der Waals surface area contributed by atoms with E-state index in [-0.39, 0.29) is 0 Å². The zero-order valence-corrected chi connectivity index (χ0v) is 10.8. The van der Waals surface area contributed by atoms with E-state index < -0.39 is 0 Å². The van der Waals surface area contributed by atoms with Crippen molar-refractivity contribution < 1.29 is 0 Å². The summed E-state index contributed by atoms with van der Waals surface area (Å²) in [5.41, 5.74) is 8.90. The zero-order valence-electron chi connectivity index (χ0n) is 8.38. The molecule has 0 fully saturated rings. The number of aromatic nitrogens is 2. The molecule has 3 nitrogen and oxygen atoms in total. The molecule has 2 aromatic heterocycles. The van der Waals surface area contributed by atoms with Gasteiger partial charge in [-0.05, 0) is 41.0 Å². The predicted molar refractivity (Wildman–Crippen MR) is 67.1 cm³/mol. The molecule has 0 aromatic carbocycles. The Kier molecular flexibility index (Phi) is 3.23. The molecule has 3 N–H and O–H groups in total. The third-order valence-electron chi connectivity index (χ3n) is 2.31. The van der Waals surface area contributed by atoms with Gasteiger partial charge in [-0.1, -0.05) is 0 Å². The fourth-order valence-corrected chi connectivity index (χ4v) is 2.97. The lowest BCUT2D eigenvalue weighted by atomic mass is 10.1. The number of nitrogens with two attached hydrogens (primary N) is 1. The number of rotatable bonds is 3. The number of hydrogen-bond acceptors (Lipinski definition) is 3. The van der Waals surface area contributed by atoms with Gasteiger partial charge in [0.05, 0.1) is 4.88 Å². The van der Waals surface area contributed by atoms with Gasteiger partial charge in [-0.2, -0.15) is 5.10 Å². The molecule has 2 rings (SSSR count). The van der Waals surface area contributed by atoms with Gasteiger partial charge in [0, 0.05) is 22.0 Å². The van der Waals surface area contributed by atoms with Crippen LogP contribution >= 0.6 is 27.3 Å². The molecule has 0 atom stereocenters. The Morgan fingerprint density at radius 1 is 1.60 bits per heavy atom. The maximum Gasteiger partial charge on any atom is 0.105 e. The fourth-order valence-electron chi connectivity index (χ4n) is 1.50. The van der Waals surface area contributed by atoms with E-state index in [0.29, 0.717) is 6.54 Å². The second-order valence-corrected chi connectivity index (χ2v) is 5.17. The van der Waals surface area contributed by atoms with Gasteiger partial charge < -0.3 is 5.73 Å². The molecule has 0 unspecified atom stereocenters. The van der Waals surface area contributed by atoms with Crippen molar-refractivity contribution >= 4 is 27.3 Å². The average Bonchev–Trinajstić information content (AvgIpc) is 2.76. The van der Waals surface area contributed by atoms with Crippen LogP contribution in [0, 0.1) is 6.92 Å². The Hall–Kier alpha value is -0.650. The van der Waals surface area contributed by atoms with Gasteiger partial charge in [0.2, 0.25) is 0 Å². The minimum atomic E-state index is 0.649. The Morgan fingerprint density at radius 2 is 2.40 bits per heavy atom. The Morgan fingerprint density at radius 3 is 3.00 bits per heavy atom. The molecule has 0 aliphatic heterocycles. The van der Waals surface area contributed by atoms with Crippen molar-refractivity contribution in [2.75, 3.05) is 6.54 Å². The molecule has 0 aliphatic rings. The highest BCUT2D eigenvalue weighted by Crippen LogP contribution is 2.31. The van der Waals surface area contributed by atoms with E-state index in [0.717, 1.165) is 22.3 Å². The summed E-state index contributed by atoms with van der Waals surface area (Å²) in [4.78, 5) is 1.18. The first-order valence-corrected chi connectivity index (χ1v) is 6.38. The zero-order chi connectivity index (χ0) is 10.8. The number of thiophene rings is 1. The van der Waals surface area contributed by atoms with E-state index in [1.165, 1.54) is 10.4 Å². The summed E-state index contributed by atoms with van der Waals surface area (Å²) in [6, 6.07) is 2.08. The standard InChI is InChI=1S/C10H12BrN3S/c1-6-8(2-3-12)13-14-10(6)9-4-7(11)5-15-9/h4-5H,2-3,12H2,1H3,(H,13,14). The smallest absolute Gasteiger partial charge is 0.105 e. The van der Waals surface area contributed by atoms with E-state index in [1.54, 1.807) is 11.3 Å². The van der Waals surface area contributed by atoms with Gasteiger partial charge in [-0.25, -0.2) is 0 Å². The van der Waals surface area contributed by atoms with Gasteiger partial charge in [-0.3, -0.25) is 5.10 Å². The maximum absolute atomic E-state index is 5.53. The van der Waals surface area contributed by atoms with Crippen molar-refractivity contribution in [1.82, 2.24) is 10.2 Å². The third kappa shape index (κ3) is 2.14. The highest BCUT2D eigenvalue weighted by atomic mass is 79.9. The van der Waals surface area contributed by atoms with Crippen LogP contribution in [0.15, 0.2) is 15.9 Å². The molecule has 0 bridgehead atoms. The minimum Gasteiger partial charge on any atom is -0.330 e. The van der Waals surface area contributed by atoms with Gasteiger partial charge >= 0.3 is 0 Å². The largest absolute Gasteiger partial charge is 0.330 e. The molecule has 2 heterocycles. The SMILES string of the molecule is Cc1c(-c2cc(Br)cs2)n[nH]c1CCN. The van der Waals surface area contributed by atoms with Gasteiger partial charge in [-0.15, -0.1) is 11.3 Å². The van der Waals surface area contributed by atoms with Crippen molar-refractivity contribution in [1.29, 1.82) is 0 Å². The van der Waals surface area contributed by atoms with E-state index >= 15 is 0 Å². The van der Waals surface area contributed by atoms with Crippen molar-refractivity contribution in [3.8, 4) is 10.6 Å². The molecule has 0 saturated heterocycles. The molecule has 80 valence electrons. The summed E-state index contributed by atoms with van der Waals surface area (Å²) < 4.78 is 1.10. The monoisotopic (exact) mass is 285 g/mol. The van der Waals surface area contributed by atoms with Crippen LogP contribution in [0.5, 0.6) is 0 Å². The first-order valence-electron chi connectivity index (χ1n) is 4.70. The highest BCUT2D eigenvalue weighted by Gasteiger charge is 2.11. The first kappa shape index (κ1) is 10.9. The molecule has 0 radical (unpaired) electrons. The average molecular weight is 286 g/mol. The number of nitrogens with zero attached hydrogens (tertiary/aromatic N) is 1. The lowest BCUT2D eigenvalue weighted by molar-refractivity contribution is 0.896. The summed E-state index contributed by atoms with van der Waals surface area (Å²) >= 11 is 5.13. The lowest BCUT2D eigenvalue weighted by Crippen LogP contribution is -2.03. The van der Waals surface area contributed by atoms with Crippen LogP contribution in [0.25, 0.3) is 10.6 Å². The maximum atomic E-state index is 5.53. The van der Waals surface area contributed by atoms with Crippen molar-refractivity contribution in [2.45, 2.75) is 13.3 Å². The summed E-state index contributed by atoms with van der Waals surface area (Å²) in [5, 5.41) is 9.43. The summed E-state index contributed by atoms with van der Waals surface area (Å²) in [6.07, 6.45) is 0.853. The first-order chi connectivity index (χ1) is 7.22. The van der Waals surface area contributed by atoms with Gasteiger partial charge in [0.15, 0.2) is 0 Å². The molecule has 15 heavy (non-hydrogen) atoms. The number of hydrogen-bond donors (Lipinski definition) is 2. The van der Waals surface area contributed by atoms with E-state index in [2.05, 4.69) is 44.5 Å². The van der Waals surface area contributed by atoms with E-state index in [4.69, 9.17) is 5.73 Å². The number of halogens is 1. The summed E-state index contributed by atoms with van der Waals surface area (Å²) in [6.45, 7) is 2.73. The van der Waals surface area contributed by atoms with Crippen LogP contribution in [0.2, 0.25) is 0 Å². The van der Waals surface area contributed by atoms with Crippen LogP contribution < -0.4 is 5.73 Å². The molecule has 2 aromatic rings. The topological polar surface area (TPSA) is 54.7 Å². The Labute approximate surface area is 101 Å². The highest BCUT2D eigenvalue weighted by molar-refractivity contribution is 9.10. The Bertz CT molecular complexity index is 461. The molecule has 0 aliphatic carbocycles. The molecule has 5 heteroatoms. The second-order valence-electron chi connectivity index (χ2n) is 3.34. The summed E-state index contributed by atoms with van der Waals surface area (Å²) in [5.74, 6) is 0. The lowest BCUT2D eigenvalue weighted by Gasteiger charge is -1.96. The van der Waals surface area contributed by atoms with Crippen molar-refractivity contribution in [3.05, 3.63) is 27.2 Å². The van der Waals surface area contributed by atoms with E-state index in [1.807, 2.05) is 0 Å². The van der Waals surface area contributed by atoms with Crippen LogP contribution in [0.1, 0.15) is 11.3 Å². The summed E-state index contributed by atoms with van der Waals surface area (Å²) in [7, 11) is 0. The number of nitrogens with one attached hydrogen (secondary N) is 1. The Balaban J connectivity index is 2.37. The molecule has 0 amide bonds. The quantitative estimate of drug-likeness (QED) is 0.911. The molecular weight excluding hydrogens is 274 g/mol. The van der Waals surface area contributed by atoms with Crippen LogP contribution in [-0.2, 0) is 6.42 Å². The van der Waals surface area contributed by atoms with Crippen LogP contribution in [0.4, 0.5) is 0 Å². The third-order valence-corrected chi connectivity index (χ3v) is 4.00. The minimum absolute atomic E-state index is 0.649. The van der Waals surface area contributed by atoms with Gasteiger partial charge in [0.25, 0.3) is 0 Å². The molecule has 0 spiro atoms. The number of aromatic amines is 1. The predicted octanol–water partition coefficient (Wildman–Crippen LogP) is 2.71. The number of H-pyrrole nitrogens is 1. The van der Waals surface area contributed by atoms with Crippen LogP contribution in [0.3, 0.4) is 0 Å². The molecular formula is C10H12BrN3S. The van der Waals surface area contributed by atoms with Gasteiger partial charge in [0.1, 0.15) is 5.69 Å². The second kappa shape index (κ2) is 4.47. The van der Waals surface area contributed by atoms with E-state index in [9.17, 15) is 0 Å². The normalized spacial score (nSPS) is 10.9. The van der Waals surface area contributed by atoms with Crippen molar-refractivity contribution in [3.63, 3.8) is 0 Å². The van der Waals surface area contributed by atoms with Crippen molar-refractivity contribution in [2.24, 2.45) is 5.73 Å². The molecule has 0 saturated carbocycles. The van der Waals surface area contributed by atoms with Crippen LogP contribution in [-0.4, -0.2) is 16.7 Å².